The van der Waals surface area contributed by atoms with E-state index in [4.69, 9.17) is 0 Å². The Morgan fingerprint density at radius 1 is 1.25 bits per heavy atom. The van der Waals surface area contributed by atoms with Crippen molar-refractivity contribution in [1.82, 2.24) is 10.2 Å². The highest BCUT2D eigenvalue weighted by Gasteiger charge is 2.23. The largest absolute Gasteiger partial charge is 0.349 e. The quantitative estimate of drug-likeness (QED) is 0.920. The van der Waals surface area contributed by atoms with Gasteiger partial charge in [0.25, 0.3) is 5.91 Å². The number of piperidine rings is 1. The highest BCUT2D eigenvalue weighted by Crippen LogP contribution is 2.14. The van der Waals surface area contributed by atoms with Crippen molar-refractivity contribution >= 4 is 27.7 Å². The first-order chi connectivity index (χ1) is 9.60. The lowest BCUT2D eigenvalue weighted by Crippen LogP contribution is -2.46. The van der Waals surface area contributed by atoms with E-state index >= 15 is 0 Å². The molecule has 0 aliphatic carbocycles. The van der Waals surface area contributed by atoms with E-state index in [1.165, 1.54) is 0 Å². The first-order valence-electron chi connectivity index (χ1n) is 6.94. The Morgan fingerprint density at radius 3 is 2.40 bits per heavy atom. The van der Waals surface area contributed by atoms with Crippen LogP contribution in [-0.2, 0) is 4.79 Å². The van der Waals surface area contributed by atoms with E-state index in [1.807, 2.05) is 24.0 Å². The van der Waals surface area contributed by atoms with Gasteiger partial charge in [-0.2, -0.15) is 0 Å². The molecule has 1 aliphatic heterocycles. The van der Waals surface area contributed by atoms with E-state index in [2.05, 4.69) is 21.2 Å². The van der Waals surface area contributed by atoms with Gasteiger partial charge >= 0.3 is 0 Å². The number of halogens is 1. The molecule has 0 bridgehead atoms. The average molecular weight is 339 g/mol. The Hall–Kier alpha value is -1.36. The zero-order chi connectivity index (χ0) is 14.5. The first-order valence-corrected chi connectivity index (χ1v) is 7.73. The zero-order valence-electron chi connectivity index (χ0n) is 11.6. The summed E-state index contributed by atoms with van der Waals surface area (Å²) in [6.07, 6.45) is 2.21. The zero-order valence-corrected chi connectivity index (χ0v) is 13.1. The van der Waals surface area contributed by atoms with Crippen LogP contribution in [0.1, 0.15) is 36.5 Å². The molecule has 1 fully saturated rings. The molecule has 0 aromatic heterocycles. The van der Waals surface area contributed by atoms with Gasteiger partial charge in [-0.05, 0) is 37.1 Å². The van der Waals surface area contributed by atoms with Crippen molar-refractivity contribution in [1.29, 1.82) is 0 Å². The van der Waals surface area contributed by atoms with Crippen LogP contribution in [0.4, 0.5) is 0 Å². The Kier molecular flexibility index (Phi) is 5.17. The number of likely N-dealkylation sites (tertiary alicyclic amines) is 1. The Labute approximate surface area is 127 Å². The second-order valence-electron chi connectivity index (χ2n) is 4.99. The van der Waals surface area contributed by atoms with Gasteiger partial charge in [-0.1, -0.05) is 22.9 Å². The lowest BCUT2D eigenvalue weighted by Gasteiger charge is -2.32. The molecule has 1 aliphatic rings. The molecule has 1 N–H and O–H groups in total. The molecule has 5 heteroatoms. The van der Waals surface area contributed by atoms with Crippen LogP contribution in [-0.4, -0.2) is 35.8 Å². The summed E-state index contributed by atoms with van der Waals surface area (Å²) in [5.41, 5.74) is 0.667. The average Bonchev–Trinajstić information content (AvgIpc) is 2.48. The van der Waals surface area contributed by atoms with Crippen LogP contribution < -0.4 is 5.32 Å². The van der Waals surface area contributed by atoms with Gasteiger partial charge in [0.2, 0.25) is 5.91 Å². The highest BCUT2D eigenvalue weighted by atomic mass is 79.9. The van der Waals surface area contributed by atoms with Crippen molar-refractivity contribution < 1.29 is 9.59 Å². The van der Waals surface area contributed by atoms with E-state index < -0.39 is 0 Å². The fraction of sp³-hybridized carbons (Fsp3) is 0.467. The monoisotopic (exact) mass is 338 g/mol. The van der Waals surface area contributed by atoms with Crippen molar-refractivity contribution in [3.8, 4) is 0 Å². The number of carbonyl (C=O) groups excluding carboxylic acids is 2. The fourth-order valence-electron chi connectivity index (χ4n) is 2.37. The Balaban J connectivity index is 1.85. The number of hydrogen-bond acceptors (Lipinski definition) is 2. The Morgan fingerprint density at radius 2 is 1.85 bits per heavy atom. The summed E-state index contributed by atoms with van der Waals surface area (Å²) >= 11 is 3.35. The van der Waals surface area contributed by atoms with Crippen LogP contribution in [0, 0.1) is 0 Å². The maximum atomic E-state index is 12.1. The molecule has 0 radical (unpaired) electrons. The summed E-state index contributed by atoms with van der Waals surface area (Å²) in [5.74, 6) is 0.153. The maximum Gasteiger partial charge on any atom is 0.251 e. The summed E-state index contributed by atoms with van der Waals surface area (Å²) in [4.78, 5) is 25.5. The number of carbonyl (C=O) groups is 2. The molecule has 0 saturated carbocycles. The smallest absolute Gasteiger partial charge is 0.251 e. The van der Waals surface area contributed by atoms with Crippen molar-refractivity contribution in [3.63, 3.8) is 0 Å². The number of rotatable bonds is 3. The van der Waals surface area contributed by atoms with E-state index in [9.17, 15) is 9.59 Å². The summed E-state index contributed by atoms with van der Waals surface area (Å²) in [7, 11) is 0. The third-order valence-corrected chi connectivity index (χ3v) is 4.12. The molecule has 20 heavy (non-hydrogen) atoms. The molecule has 108 valence electrons. The van der Waals surface area contributed by atoms with Gasteiger partial charge in [0.05, 0.1) is 0 Å². The minimum Gasteiger partial charge on any atom is -0.349 e. The van der Waals surface area contributed by atoms with E-state index in [1.54, 1.807) is 12.1 Å². The first kappa shape index (κ1) is 15.0. The van der Waals surface area contributed by atoms with Crippen molar-refractivity contribution in [3.05, 3.63) is 34.3 Å². The summed E-state index contributed by atoms with van der Waals surface area (Å²) < 4.78 is 0.959. The van der Waals surface area contributed by atoms with E-state index in [0.29, 0.717) is 12.0 Å². The molecule has 1 aromatic carbocycles. The molecular weight excluding hydrogens is 320 g/mol. The topological polar surface area (TPSA) is 49.4 Å². The molecule has 1 heterocycles. The number of benzene rings is 1. The number of nitrogens with one attached hydrogen (secondary N) is 1. The van der Waals surface area contributed by atoms with Crippen LogP contribution in [0.5, 0.6) is 0 Å². The van der Waals surface area contributed by atoms with Crippen LogP contribution >= 0.6 is 15.9 Å². The Bertz CT molecular complexity index is 479. The fourth-order valence-corrected chi connectivity index (χ4v) is 2.63. The van der Waals surface area contributed by atoms with E-state index in [0.717, 1.165) is 30.4 Å². The van der Waals surface area contributed by atoms with Crippen molar-refractivity contribution in [2.45, 2.75) is 32.2 Å². The second-order valence-corrected chi connectivity index (χ2v) is 5.90. The van der Waals surface area contributed by atoms with Gasteiger partial charge in [-0.3, -0.25) is 9.59 Å². The minimum atomic E-state index is -0.0437. The maximum absolute atomic E-state index is 12.1. The highest BCUT2D eigenvalue weighted by molar-refractivity contribution is 9.10. The molecule has 1 saturated heterocycles. The molecule has 0 unspecified atom stereocenters. The number of nitrogens with zero attached hydrogens (tertiary/aromatic N) is 1. The second kappa shape index (κ2) is 6.88. The van der Waals surface area contributed by atoms with Crippen molar-refractivity contribution in [2.24, 2.45) is 0 Å². The normalized spacial score (nSPS) is 16.0. The number of amides is 2. The minimum absolute atomic E-state index is 0.0437. The predicted octanol–water partition coefficient (Wildman–Crippen LogP) is 2.58. The third kappa shape index (κ3) is 3.82. The molecular formula is C15H19BrN2O2. The molecule has 2 amide bonds. The summed E-state index contributed by atoms with van der Waals surface area (Å²) in [5, 5.41) is 3.04. The van der Waals surface area contributed by atoms with Crippen molar-refractivity contribution in [2.75, 3.05) is 13.1 Å². The SMILES string of the molecule is CCC(=O)N1CCC(NC(=O)c2ccc(Br)cc2)CC1. The van der Waals surface area contributed by atoms with Gasteiger partial charge in [0.1, 0.15) is 0 Å². The third-order valence-electron chi connectivity index (χ3n) is 3.59. The number of hydrogen-bond donors (Lipinski definition) is 1. The van der Waals surface area contributed by atoms with E-state index in [-0.39, 0.29) is 17.9 Å². The van der Waals surface area contributed by atoms with Gasteiger partial charge in [0, 0.05) is 35.6 Å². The molecule has 1 aromatic rings. The van der Waals surface area contributed by atoms with Gasteiger partial charge in [-0.25, -0.2) is 0 Å². The summed E-state index contributed by atoms with van der Waals surface area (Å²) in [6.45, 7) is 3.35. The standard InChI is InChI=1S/C15H19BrN2O2/c1-2-14(19)18-9-7-13(8-10-18)17-15(20)11-3-5-12(16)6-4-11/h3-6,13H,2,7-10H2,1H3,(H,17,20). The molecule has 0 atom stereocenters. The summed E-state index contributed by atoms with van der Waals surface area (Å²) in [6, 6.07) is 7.48. The lowest BCUT2D eigenvalue weighted by molar-refractivity contribution is -0.131. The van der Waals surface area contributed by atoms with Gasteiger partial charge in [-0.15, -0.1) is 0 Å². The van der Waals surface area contributed by atoms with Crippen LogP contribution in [0.2, 0.25) is 0 Å². The van der Waals surface area contributed by atoms with Gasteiger partial charge in [0.15, 0.2) is 0 Å². The molecule has 4 nitrogen and oxygen atoms in total. The van der Waals surface area contributed by atoms with Gasteiger partial charge < -0.3 is 10.2 Å². The van der Waals surface area contributed by atoms with Crippen LogP contribution in [0.3, 0.4) is 0 Å². The van der Waals surface area contributed by atoms with Crippen LogP contribution in [0.15, 0.2) is 28.7 Å². The predicted molar refractivity (Wildman–Crippen MR) is 81.5 cm³/mol. The molecule has 0 spiro atoms. The lowest BCUT2D eigenvalue weighted by atomic mass is 10.0. The van der Waals surface area contributed by atoms with Crippen LogP contribution in [0.25, 0.3) is 0 Å². The molecule has 2 rings (SSSR count).